The number of phenols is 2. The average Bonchev–Trinajstić information content (AvgIpc) is 2.79. The Hall–Kier alpha value is -2.53. The number of piperidine rings is 1. The molecule has 2 fully saturated rings. The van der Waals surface area contributed by atoms with Crippen LogP contribution in [0.15, 0.2) is 42.5 Å². The SMILES string of the molecule is CN(C(=O)CCc1ccccc1)[C@@H]1CC[C@H]2[C@H]3Cc4c(ccc(O)c4O)[C@@]2(CCN3)C1. The molecule has 0 unspecified atom stereocenters. The first kappa shape index (κ1) is 20.4. The number of nitrogens with one attached hydrogen (secondary N) is 1. The van der Waals surface area contributed by atoms with Crippen LogP contribution >= 0.6 is 0 Å². The Labute approximate surface area is 184 Å². The van der Waals surface area contributed by atoms with Crippen LogP contribution in [0.4, 0.5) is 0 Å². The Kier molecular flexibility index (Phi) is 5.17. The van der Waals surface area contributed by atoms with Gasteiger partial charge in [0.15, 0.2) is 11.5 Å². The first-order valence-corrected chi connectivity index (χ1v) is 11.6. The van der Waals surface area contributed by atoms with E-state index in [1.165, 1.54) is 11.1 Å². The summed E-state index contributed by atoms with van der Waals surface area (Å²) in [4.78, 5) is 15.0. The summed E-state index contributed by atoms with van der Waals surface area (Å²) in [7, 11) is 1.96. The maximum atomic E-state index is 13.0. The van der Waals surface area contributed by atoms with Gasteiger partial charge < -0.3 is 20.4 Å². The van der Waals surface area contributed by atoms with Crippen LogP contribution in [0.3, 0.4) is 0 Å². The molecule has 164 valence electrons. The van der Waals surface area contributed by atoms with Crippen molar-refractivity contribution in [2.45, 2.75) is 62.4 Å². The van der Waals surface area contributed by atoms with Gasteiger partial charge in [0.2, 0.25) is 5.91 Å². The van der Waals surface area contributed by atoms with Crippen LogP contribution in [0.1, 0.15) is 48.8 Å². The fourth-order valence-electron chi connectivity index (χ4n) is 6.60. The van der Waals surface area contributed by atoms with Crippen LogP contribution in [-0.2, 0) is 23.1 Å². The van der Waals surface area contributed by atoms with Gasteiger partial charge in [0, 0.05) is 36.5 Å². The van der Waals surface area contributed by atoms with Gasteiger partial charge in [0.05, 0.1) is 0 Å². The number of fused-ring (bicyclic) bond motifs is 1. The molecule has 5 heteroatoms. The number of amides is 1. The lowest BCUT2D eigenvalue weighted by Gasteiger charge is -2.58. The van der Waals surface area contributed by atoms with Gasteiger partial charge in [-0.3, -0.25) is 4.79 Å². The number of carbonyl (C=O) groups is 1. The monoisotopic (exact) mass is 420 g/mol. The van der Waals surface area contributed by atoms with Crippen molar-refractivity contribution in [3.05, 3.63) is 59.2 Å². The first-order valence-electron chi connectivity index (χ1n) is 11.6. The topological polar surface area (TPSA) is 72.8 Å². The molecule has 0 radical (unpaired) electrons. The Balaban J connectivity index is 1.38. The summed E-state index contributed by atoms with van der Waals surface area (Å²) in [5.41, 5.74) is 3.25. The largest absolute Gasteiger partial charge is 0.504 e. The molecule has 3 aliphatic rings. The zero-order valence-corrected chi connectivity index (χ0v) is 18.2. The number of hydrogen-bond donors (Lipinski definition) is 3. The maximum Gasteiger partial charge on any atom is 0.222 e. The van der Waals surface area contributed by atoms with Crippen molar-refractivity contribution in [2.24, 2.45) is 5.92 Å². The second kappa shape index (κ2) is 7.86. The number of aryl methyl sites for hydroxylation is 1. The molecule has 2 aliphatic carbocycles. The molecule has 1 heterocycles. The van der Waals surface area contributed by atoms with E-state index in [0.29, 0.717) is 18.4 Å². The Morgan fingerprint density at radius 1 is 1.16 bits per heavy atom. The number of nitrogens with zero attached hydrogens (tertiary/aromatic N) is 1. The smallest absolute Gasteiger partial charge is 0.222 e. The third-order valence-electron chi connectivity index (χ3n) is 8.22. The van der Waals surface area contributed by atoms with E-state index >= 15 is 0 Å². The van der Waals surface area contributed by atoms with Crippen molar-refractivity contribution in [1.29, 1.82) is 0 Å². The molecule has 2 aromatic rings. The minimum absolute atomic E-state index is 0.0350. The summed E-state index contributed by atoms with van der Waals surface area (Å²) in [5, 5.41) is 24.3. The second-order valence-corrected chi connectivity index (χ2v) is 9.66. The van der Waals surface area contributed by atoms with Crippen molar-refractivity contribution in [1.82, 2.24) is 10.2 Å². The summed E-state index contributed by atoms with van der Waals surface area (Å²) >= 11 is 0. The molecule has 4 atom stereocenters. The number of benzene rings is 2. The van der Waals surface area contributed by atoms with Gasteiger partial charge in [-0.05, 0) is 68.2 Å². The molecule has 2 aromatic carbocycles. The summed E-state index contributed by atoms with van der Waals surface area (Å²) < 4.78 is 0. The van der Waals surface area contributed by atoms with E-state index in [-0.39, 0.29) is 28.9 Å². The van der Waals surface area contributed by atoms with Gasteiger partial charge in [0.1, 0.15) is 0 Å². The lowest BCUT2D eigenvalue weighted by Crippen LogP contribution is -2.62. The van der Waals surface area contributed by atoms with Crippen LogP contribution in [0, 0.1) is 5.92 Å². The summed E-state index contributed by atoms with van der Waals surface area (Å²) in [5.74, 6) is 0.728. The Morgan fingerprint density at radius 3 is 2.77 bits per heavy atom. The molecule has 5 rings (SSSR count). The second-order valence-electron chi connectivity index (χ2n) is 9.66. The van der Waals surface area contributed by atoms with E-state index in [1.54, 1.807) is 6.07 Å². The average molecular weight is 421 g/mol. The lowest BCUT2D eigenvalue weighted by molar-refractivity contribution is -0.133. The fourth-order valence-corrected chi connectivity index (χ4v) is 6.60. The molecular formula is C26H32N2O3. The molecule has 5 nitrogen and oxygen atoms in total. The van der Waals surface area contributed by atoms with Crippen molar-refractivity contribution in [3.63, 3.8) is 0 Å². The van der Waals surface area contributed by atoms with Crippen molar-refractivity contribution in [2.75, 3.05) is 13.6 Å². The van der Waals surface area contributed by atoms with Crippen LogP contribution in [0.25, 0.3) is 0 Å². The van der Waals surface area contributed by atoms with Crippen molar-refractivity contribution in [3.8, 4) is 11.5 Å². The quantitative estimate of drug-likeness (QED) is 0.662. The highest BCUT2D eigenvalue weighted by molar-refractivity contribution is 5.76. The van der Waals surface area contributed by atoms with Gasteiger partial charge in [-0.15, -0.1) is 0 Å². The molecule has 3 N–H and O–H groups in total. The third-order valence-corrected chi connectivity index (χ3v) is 8.22. The van der Waals surface area contributed by atoms with Crippen LogP contribution in [0.2, 0.25) is 0 Å². The van der Waals surface area contributed by atoms with Crippen LogP contribution in [0.5, 0.6) is 11.5 Å². The summed E-state index contributed by atoms with van der Waals surface area (Å²) in [6, 6.07) is 14.4. The van der Waals surface area contributed by atoms with E-state index in [9.17, 15) is 15.0 Å². The number of phenolic OH excluding ortho intramolecular Hbond substituents is 2. The van der Waals surface area contributed by atoms with Gasteiger partial charge in [-0.1, -0.05) is 36.4 Å². The van der Waals surface area contributed by atoms with E-state index in [1.807, 2.05) is 36.2 Å². The van der Waals surface area contributed by atoms with Crippen LogP contribution in [-0.4, -0.2) is 46.7 Å². The first-order chi connectivity index (χ1) is 15.0. The fraction of sp³-hybridized carbons (Fsp3) is 0.500. The Morgan fingerprint density at radius 2 is 1.97 bits per heavy atom. The molecule has 2 bridgehead atoms. The highest BCUT2D eigenvalue weighted by Gasteiger charge is 2.54. The minimum Gasteiger partial charge on any atom is -0.504 e. The molecule has 0 aromatic heterocycles. The van der Waals surface area contributed by atoms with E-state index in [2.05, 4.69) is 17.4 Å². The number of carbonyl (C=O) groups excluding carboxylic acids is 1. The van der Waals surface area contributed by atoms with E-state index in [4.69, 9.17) is 0 Å². The zero-order chi connectivity index (χ0) is 21.6. The predicted molar refractivity (Wildman–Crippen MR) is 120 cm³/mol. The van der Waals surface area contributed by atoms with Gasteiger partial charge in [0.25, 0.3) is 0 Å². The normalized spacial score (nSPS) is 29.0. The number of aromatic hydroxyl groups is 2. The van der Waals surface area contributed by atoms with Crippen molar-refractivity contribution < 1.29 is 15.0 Å². The van der Waals surface area contributed by atoms with Gasteiger partial charge in [-0.2, -0.15) is 0 Å². The van der Waals surface area contributed by atoms with Gasteiger partial charge >= 0.3 is 0 Å². The summed E-state index contributed by atoms with van der Waals surface area (Å²) in [6.07, 6.45) is 6.11. The molecule has 1 aliphatic heterocycles. The zero-order valence-electron chi connectivity index (χ0n) is 18.2. The van der Waals surface area contributed by atoms with E-state index in [0.717, 1.165) is 50.6 Å². The van der Waals surface area contributed by atoms with Gasteiger partial charge in [-0.25, -0.2) is 0 Å². The molecule has 0 spiro atoms. The van der Waals surface area contributed by atoms with Crippen LogP contribution < -0.4 is 5.32 Å². The minimum atomic E-state index is -0.0361. The molecule has 1 saturated heterocycles. The number of hydrogen-bond acceptors (Lipinski definition) is 4. The highest BCUT2D eigenvalue weighted by Crippen LogP contribution is 2.56. The maximum absolute atomic E-state index is 13.0. The van der Waals surface area contributed by atoms with E-state index < -0.39 is 0 Å². The van der Waals surface area contributed by atoms with Crippen molar-refractivity contribution >= 4 is 5.91 Å². The molecule has 1 amide bonds. The molecule has 1 saturated carbocycles. The highest BCUT2D eigenvalue weighted by atomic mass is 16.3. The number of rotatable bonds is 4. The molecule has 31 heavy (non-hydrogen) atoms. The standard InChI is InChI=1S/C26H32N2O3/c1-28(24(30)12-7-17-5-3-2-4-6-17)18-8-9-21-22-15-19-20(10-11-23(29)25(19)31)26(21,16-18)13-14-27-22/h2-6,10-11,18,21-22,27,29,31H,7-9,12-16H2,1H3/t18-,21+,22-,26-/m1/s1. The molecular weight excluding hydrogens is 388 g/mol. The summed E-state index contributed by atoms with van der Waals surface area (Å²) in [6.45, 7) is 0.959. The lowest BCUT2D eigenvalue weighted by atomic mass is 9.51. The Bertz CT molecular complexity index is 976. The predicted octanol–water partition coefficient (Wildman–Crippen LogP) is 3.51. The third kappa shape index (κ3) is 3.39.